The Kier molecular flexibility index (Phi) is 5.13. The normalized spacial score (nSPS) is 16.4. The predicted octanol–water partition coefficient (Wildman–Crippen LogP) is 2.02. The first-order chi connectivity index (χ1) is 9.99. The van der Waals surface area contributed by atoms with Crippen molar-refractivity contribution in [1.82, 2.24) is 4.90 Å². The van der Waals surface area contributed by atoms with E-state index >= 15 is 0 Å². The van der Waals surface area contributed by atoms with E-state index in [0.717, 1.165) is 0 Å². The molecule has 1 atom stereocenters. The molecule has 1 N–H and O–H groups in total. The maximum absolute atomic E-state index is 12.3. The van der Waals surface area contributed by atoms with Gasteiger partial charge in [0.25, 0.3) is 5.69 Å². The van der Waals surface area contributed by atoms with Crippen molar-refractivity contribution in [2.45, 2.75) is 13.0 Å². The Hall–Kier alpha value is -1.67. The van der Waals surface area contributed by atoms with E-state index in [4.69, 9.17) is 4.74 Å². The number of carbonyl (C=O) groups excluding carboxylic acids is 1. The van der Waals surface area contributed by atoms with Crippen LogP contribution in [0.25, 0.3) is 0 Å². The molecule has 1 aromatic rings. The van der Waals surface area contributed by atoms with Crippen molar-refractivity contribution in [3.05, 3.63) is 32.8 Å². The number of nitro benzene ring substituents is 1. The molecule has 21 heavy (non-hydrogen) atoms. The van der Waals surface area contributed by atoms with Crippen LogP contribution >= 0.6 is 15.9 Å². The van der Waals surface area contributed by atoms with Crippen LogP contribution in [0.5, 0.6) is 0 Å². The number of benzene rings is 1. The summed E-state index contributed by atoms with van der Waals surface area (Å²) in [6, 6.07) is 3.99. The van der Waals surface area contributed by atoms with Crippen LogP contribution in [0.4, 0.5) is 11.4 Å². The van der Waals surface area contributed by atoms with Crippen LogP contribution in [0.3, 0.4) is 0 Å². The summed E-state index contributed by atoms with van der Waals surface area (Å²) in [6.07, 6.45) is 0. The third kappa shape index (κ3) is 3.92. The number of hydrogen-bond donors (Lipinski definition) is 1. The zero-order valence-electron chi connectivity index (χ0n) is 11.5. The van der Waals surface area contributed by atoms with Crippen molar-refractivity contribution in [3.8, 4) is 0 Å². The Labute approximate surface area is 130 Å². The first-order valence-electron chi connectivity index (χ1n) is 6.56. The van der Waals surface area contributed by atoms with Gasteiger partial charge in [0, 0.05) is 35.4 Å². The number of morpholine rings is 1. The zero-order chi connectivity index (χ0) is 15.4. The minimum Gasteiger partial charge on any atom is -0.378 e. The standard InChI is InChI=1S/C13H16BrN3O4/c1-9(13(18)16-4-6-21-7-5-16)15-12-3-2-10(17(19)20)8-11(12)14/h2-3,8-9,15H,4-7H2,1H3. The molecule has 1 aliphatic rings. The molecule has 0 spiro atoms. The molecule has 1 heterocycles. The summed E-state index contributed by atoms with van der Waals surface area (Å²) in [5.74, 6) is -0.0106. The van der Waals surface area contributed by atoms with Gasteiger partial charge in [0.1, 0.15) is 6.04 Å². The van der Waals surface area contributed by atoms with Crippen LogP contribution < -0.4 is 5.32 Å². The van der Waals surface area contributed by atoms with Crippen molar-refractivity contribution in [3.63, 3.8) is 0 Å². The van der Waals surface area contributed by atoms with Crippen LogP contribution in [-0.4, -0.2) is 48.1 Å². The van der Waals surface area contributed by atoms with Crippen molar-refractivity contribution < 1.29 is 14.5 Å². The molecule has 7 nitrogen and oxygen atoms in total. The molecule has 1 unspecified atom stereocenters. The molecule has 8 heteroatoms. The summed E-state index contributed by atoms with van der Waals surface area (Å²) >= 11 is 3.28. The Balaban J connectivity index is 2.03. The maximum atomic E-state index is 12.3. The van der Waals surface area contributed by atoms with E-state index < -0.39 is 11.0 Å². The number of carbonyl (C=O) groups is 1. The molecule has 0 aliphatic carbocycles. The Morgan fingerprint density at radius 2 is 2.14 bits per heavy atom. The highest BCUT2D eigenvalue weighted by Crippen LogP contribution is 2.27. The van der Waals surface area contributed by atoms with E-state index in [2.05, 4.69) is 21.2 Å². The van der Waals surface area contributed by atoms with E-state index in [1.54, 1.807) is 17.9 Å². The van der Waals surface area contributed by atoms with E-state index in [1.807, 2.05) is 0 Å². The summed E-state index contributed by atoms with van der Waals surface area (Å²) in [4.78, 5) is 24.3. The monoisotopic (exact) mass is 357 g/mol. The molecule has 0 saturated carbocycles. The quantitative estimate of drug-likeness (QED) is 0.658. The minimum atomic E-state index is -0.461. The molecule has 114 valence electrons. The van der Waals surface area contributed by atoms with Gasteiger partial charge in [-0.2, -0.15) is 0 Å². The average Bonchev–Trinajstić information content (AvgIpc) is 2.49. The minimum absolute atomic E-state index is 0.000385. The van der Waals surface area contributed by atoms with Crippen LogP contribution in [0.2, 0.25) is 0 Å². The van der Waals surface area contributed by atoms with Gasteiger partial charge in [0.2, 0.25) is 5.91 Å². The summed E-state index contributed by atoms with van der Waals surface area (Å²) in [6.45, 7) is 4.06. The second kappa shape index (κ2) is 6.86. The van der Waals surface area contributed by atoms with E-state index in [0.29, 0.717) is 36.5 Å². The highest BCUT2D eigenvalue weighted by molar-refractivity contribution is 9.10. The molecule has 1 aromatic carbocycles. The highest BCUT2D eigenvalue weighted by atomic mass is 79.9. The van der Waals surface area contributed by atoms with Crippen molar-refractivity contribution in [2.24, 2.45) is 0 Å². The first-order valence-corrected chi connectivity index (χ1v) is 7.35. The third-order valence-electron chi connectivity index (χ3n) is 3.23. The molecule has 0 radical (unpaired) electrons. The summed E-state index contributed by atoms with van der Waals surface area (Å²) < 4.78 is 5.77. The van der Waals surface area contributed by atoms with Crippen LogP contribution in [0, 0.1) is 10.1 Å². The zero-order valence-corrected chi connectivity index (χ0v) is 13.1. The van der Waals surface area contributed by atoms with Gasteiger partial charge in [-0.3, -0.25) is 14.9 Å². The molecule has 1 fully saturated rings. The lowest BCUT2D eigenvalue weighted by Crippen LogP contribution is -2.47. The third-order valence-corrected chi connectivity index (χ3v) is 3.88. The fraction of sp³-hybridized carbons (Fsp3) is 0.462. The van der Waals surface area contributed by atoms with E-state index in [9.17, 15) is 14.9 Å². The van der Waals surface area contributed by atoms with Crippen LogP contribution in [0.1, 0.15) is 6.92 Å². The van der Waals surface area contributed by atoms with Gasteiger partial charge in [-0.1, -0.05) is 0 Å². The smallest absolute Gasteiger partial charge is 0.270 e. The number of ether oxygens (including phenoxy) is 1. The Bertz CT molecular complexity index is 546. The van der Waals surface area contributed by atoms with Crippen molar-refractivity contribution in [1.29, 1.82) is 0 Å². The second-order valence-corrected chi connectivity index (χ2v) is 5.58. The lowest BCUT2D eigenvalue weighted by atomic mass is 10.2. The van der Waals surface area contributed by atoms with Gasteiger partial charge in [-0.15, -0.1) is 0 Å². The van der Waals surface area contributed by atoms with Gasteiger partial charge in [0.05, 0.1) is 18.1 Å². The Morgan fingerprint density at radius 1 is 1.48 bits per heavy atom. The number of hydrogen-bond acceptors (Lipinski definition) is 5. The molecule has 1 saturated heterocycles. The van der Waals surface area contributed by atoms with Gasteiger partial charge < -0.3 is 15.0 Å². The number of anilines is 1. The largest absolute Gasteiger partial charge is 0.378 e. The lowest BCUT2D eigenvalue weighted by molar-refractivity contribution is -0.384. The number of nitrogens with zero attached hydrogens (tertiary/aromatic N) is 2. The number of nitrogens with one attached hydrogen (secondary N) is 1. The van der Waals surface area contributed by atoms with Crippen molar-refractivity contribution in [2.75, 3.05) is 31.6 Å². The SMILES string of the molecule is CC(Nc1ccc([N+](=O)[O-])cc1Br)C(=O)N1CCOCC1. The predicted molar refractivity (Wildman–Crippen MR) is 81.3 cm³/mol. The summed E-state index contributed by atoms with van der Waals surface area (Å²) in [5, 5.41) is 13.8. The molecule has 1 aliphatic heterocycles. The number of amides is 1. The Morgan fingerprint density at radius 3 is 2.71 bits per heavy atom. The van der Waals surface area contributed by atoms with Crippen LogP contribution in [0.15, 0.2) is 22.7 Å². The molecule has 0 bridgehead atoms. The highest BCUT2D eigenvalue weighted by Gasteiger charge is 2.23. The molecular formula is C13H16BrN3O4. The fourth-order valence-electron chi connectivity index (χ4n) is 2.09. The van der Waals surface area contributed by atoms with Crippen molar-refractivity contribution >= 4 is 33.2 Å². The molecule has 0 aromatic heterocycles. The summed E-state index contributed by atoms with van der Waals surface area (Å²) in [5.41, 5.74) is 0.647. The fourth-order valence-corrected chi connectivity index (χ4v) is 2.57. The van der Waals surface area contributed by atoms with Gasteiger partial charge >= 0.3 is 0 Å². The number of non-ortho nitro benzene ring substituents is 1. The van der Waals surface area contributed by atoms with E-state index in [1.165, 1.54) is 12.1 Å². The van der Waals surface area contributed by atoms with E-state index in [-0.39, 0.29) is 11.6 Å². The second-order valence-electron chi connectivity index (χ2n) is 4.72. The van der Waals surface area contributed by atoms with Gasteiger partial charge in [0.15, 0.2) is 0 Å². The maximum Gasteiger partial charge on any atom is 0.270 e. The number of nitro groups is 1. The molecule has 1 amide bonds. The summed E-state index contributed by atoms with van der Waals surface area (Å²) in [7, 11) is 0. The first kappa shape index (κ1) is 15.7. The molecule has 2 rings (SSSR count). The number of rotatable bonds is 4. The average molecular weight is 358 g/mol. The van der Waals surface area contributed by atoms with Gasteiger partial charge in [-0.05, 0) is 28.9 Å². The number of halogens is 1. The van der Waals surface area contributed by atoms with Gasteiger partial charge in [-0.25, -0.2) is 0 Å². The lowest BCUT2D eigenvalue weighted by Gasteiger charge is -2.29. The van der Waals surface area contributed by atoms with Crippen LogP contribution in [-0.2, 0) is 9.53 Å². The topological polar surface area (TPSA) is 84.7 Å². The molecular weight excluding hydrogens is 342 g/mol.